The molecule has 90 valence electrons. The Morgan fingerprint density at radius 3 is 2.47 bits per heavy atom. The van der Waals surface area contributed by atoms with Gasteiger partial charge in [-0.3, -0.25) is 4.79 Å². The van der Waals surface area contributed by atoms with Gasteiger partial charge in [-0.05, 0) is 32.0 Å². The fourth-order valence-electron chi connectivity index (χ4n) is 1.61. The topological polar surface area (TPSA) is 49.4 Å². The molecule has 1 fully saturated rings. The van der Waals surface area contributed by atoms with Gasteiger partial charge in [0.1, 0.15) is 11.4 Å². The molecule has 1 aliphatic rings. The van der Waals surface area contributed by atoms with Gasteiger partial charge in [0.05, 0.1) is 10.7 Å². The van der Waals surface area contributed by atoms with Crippen molar-refractivity contribution in [2.45, 2.75) is 19.4 Å². The SMILES string of the molecule is CC1(C)NC(=O)N(c2ccc(F)c(Cl)c2)C1=O. The third-order valence-corrected chi connectivity index (χ3v) is 2.81. The molecule has 2 rings (SSSR count). The van der Waals surface area contributed by atoms with Crippen molar-refractivity contribution >= 4 is 29.2 Å². The van der Waals surface area contributed by atoms with E-state index in [9.17, 15) is 14.0 Å². The molecule has 3 amide bonds. The van der Waals surface area contributed by atoms with E-state index >= 15 is 0 Å². The van der Waals surface area contributed by atoms with Crippen LogP contribution in [0, 0.1) is 5.82 Å². The van der Waals surface area contributed by atoms with Crippen LogP contribution >= 0.6 is 11.6 Å². The van der Waals surface area contributed by atoms with E-state index in [0.29, 0.717) is 0 Å². The van der Waals surface area contributed by atoms with Gasteiger partial charge in [-0.1, -0.05) is 11.6 Å². The standard InChI is InChI=1S/C11H10ClFN2O2/c1-11(2)9(16)15(10(17)14-11)6-3-4-8(13)7(12)5-6/h3-5H,1-2H3,(H,14,17). The van der Waals surface area contributed by atoms with E-state index in [4.69, 9.17) is 11.6 Å². The number of anilines is 1. The lowest BCUT2D eigenvalue weighted by Crippen LogP contribution is -2.40. The van der Waals surface area contributed by atoms with Crippen molar-refractivity contribution < 1.29 is 14.0 Å². The van der Waals surface area contributed by atoms with Crippen LogP contribution < -0.4 is 10.2 Å². The predicted octanol–water partition coefficient (Wildman–Crippen LogP) is 2.31. The summed E-state index contributed by atoms with van der Waals surface area (Å²) < 4.78 is 13.0. The summed E-state index contributed by atoms with van der Waals surface area (Å²) in [5.74, 6) is -0.994. The number of carbonyl (C=O) groups is 2. The molecular formula is C11H10ClFN2O2. The van der Waals surface area contributed by atoms with Gasteiger partial charge in [-0.2, -0.15) is 0 Å². The highest BCUT2D eigenvalue weighted by molar-refractivity contribution is 6.31. The molecule has 17 heavy (non-hydrogen) atoms. The average Bonchev–Trinajstić information content (AvgIpc) is 2.42. The Labute approximate surface area is 102 Å². The number of imide groups is 1. The smallest absolute Gasteiger partial charge is 0.323 e. The molecule has 1 aromatic rings. The first-order valence-corrected chi connectivity index (χ1v) is 5.32. The van der Waals surface area contributed by atoms with Gasteiger partial charge in [0.2, 0.25) is 0 Å². The summed E-state index contributed by atoms with van der Waals surface area (Å²) in [7, 11) is 0. The molecule has 0 aliphatic carbocycles. The van der Waals surface area contributed by atoms with E-state index in [1.54, 1.807) is 13.8 Å². The summed E-state index contributed by atoms with van der Waals surface area (Å²) in [4.78, 5) is 24.5. The molecule has 4 nitrogen and oxygen atoms in total. The van der Waals surface area contributed by atoms with E-state index in [1.165, 1.54) is 12.1 Å². The van der Waals surface area contributed by atoms with Gasteiger partial charge in [-0.25, -0.2) is 14.1 Å². The van der Waals surface area contributed by atoms with E-state index < -0.39 is 23.3 Å². The van der Waals surface area contributed by atoms with Crippen LogP contribution in [0.3, 0.4) is 0 Å². The second-order valence-corrected chi connectivity index (χ2v) is 4.70. The van der Waals surface area contributed by atoms with Crippen LogP contribution in [0.15, 0.2) is 18.2 Å². The monoisotopic (exact) mass is 256 g/mol. The van der Waals surface area contributed by atoms with Crippen LogP contribution in [0.5, 0.6) is 0 Å². The minimum absolute atomic E-state index is 0.132. The van der Waals surface area contributed by atoms with E-state index in [-0.39, 0.29) is 10.7 Å². The number of nitrogens with zero attached hydrogens (tertiary/aromatic N) is 1. The second kappa shape index (κ2) is 3.70. The Morgan fingerprint density at radius 1 is 1.35 bits per heavy atom. The number of hydrogen-bond donors (Lipinski definition) is 1. The van der Waals surface area contributed by atoms with E-state index in [0.717, 1.165) is 11.0 Å². The number of rotatable bonds is 1. The van der Waals surface area contributed by atoms with Crippen molar-refractivity contribution in [1.82, 2.24) is 5.32 Å². The van der Waals surface area contributed by atoms with Gasteiger partial charge in [0.25, 0.3) is 5.91 Å². The third kappa shape index (κ3) is 1.86. The number of nitrogens with one attached hydrogen (secondary N) is 1. The molecule has 0 bridgehead atoms. The highest BCUT2D eigenvalue weighted by Crippen LogP contribution is 2.27. The molecule has 1 saturated heterocycles. The molecule has 0 aromatic heterocycles. The molecule has 0 atom stereocenters. The van der Waals surface area contributed by atoms with Crippen LogP contribution in [-0.2, 0) is 4.79 Å². The molecule has 0 saturated carbocycles. The van der Waals surface area contributed by atoms with Crippen molar-refractivity contribution in [3.63, 3.8) is 0 Å². The van der Waals surface area contributed by atoms with Gasteiger partial charge < -0.3 is 5.32 Å². The van der Waals surface area contributed by atoms with Gasteiger partial charge in [0.15, 0.2) is 0 Å². The largest absolute Gasteiger partial charge is 0.329 e. The van der Waals surface area contributed by atoms with Gasteiger partial charge >= 0.3 is 6.03 Å². The summed E-state index contributed by atoms with van der Waals surface area (Å²) in [6, 6.07) is 3.15. The summed E-state index contributed by atoms with van der Waals surface area (Å²) in [6.07, 6.45) is 0. The molecule has 1 aliphatic heterocycles. The Morgan fingerprint density at radius 2 is 2.00 bits per heavy atom. The second-order valence-electron chi connectivity index (χ2n) is 4.29. The van der Waals surface area contributed by atoms with Gasteiger partial charge in [0, 0.05) is 0 Å². The Bertz CT molecular complexity index is 516. The normalized spacial score (nSPS) is 18.5. The first-order valence-electron chi connectivity index (χ1n) is 4.95. The number of halogens is 2. The molecule has 1 heterocycles. The Hall–Kier alpha value is -1.62. The molecule has 1 N–H and O–H groups in total. The Balaban J connectivity index is 2.44. The van der Waals surface area contributed by atoms with Crippen LogP contribution in [0.4, 0.5) is 14.9 Å². The summed E-state index contributed by atoms with van der Waals surface area (Å²) >= 11 is 5.61. The summed E-state index contributed by atoms with van der Waals surface area (Å²) in [5, 5.41) is 2.39. The first kappa shape index (κ1) is 11.9. The quantitative estimate of drug-likeness (QED) is 0.784. The number of hydrogen-bond acceptors (Lipinski definition) is 2. The maximum Gasteiger partial charge on any atom is 0.329 e. The zero-order valence-electron chi connectivity index (χ0n) is 9.25. The van der Waals surface area contributed by atoms with Crippen molar-refractivity contribution in [2.24, 2.45) is 0 Å². The lowest BCUT2D eigenvalue weighted by molar-refractivity contribution is -0.121. The number of amides is 3. The van der Waals surface area contributed by atoms with Crippen molar-refractivity contribution in [1.29, 1.82) is 0 Å². The molecule has 6 heteroatoms. The molecule has 0 spiro atoms. The molecular weight excluding hydrogens is 247 g/mol. The van der Waals surface area contributed by atoms with Gasteiger partial charge in [-0.15, -0.1) is 0 Å². The predicted molar refractivity (Wildman–Crippen MR) is 61.5 cm³/mol. The van der Waals surface area contributed by atoms with Crippen LogP contribution in [0.1, 0.15) is 13.8 Å². The maximum absolute atomic E-state index is 13.0. The molecule has 1 aromatic carbocycles. The zero-order valence-corrected chi connectivity index (χ0v) is 10.0. The fraction of sp³-hybridized carbons (Fsp3) is 0.273. The fourth-order valence-corrected chi connectivity index (χ4v) is 1.78. The van der Waals surface area contributed by atoms with Crippen molar-refractivity contribution in [3.8, 4) is 0 Å². The number of urea groups is 1. The highest BCUT2D eigenvalue weighted by atomic mass is 35.5. The average molecular weight is 257 g/mol. The summed E-state index contributed by atoms with van der Waals surface area (Å²) in [6.45, 7) is 3.19. The highest BCUT2D eigenvalue weighted by Gasteiger charge is 2.45. The Kier molecular flexibility index (Phi) is 2.58. The minimum atomic E-state index is -0.960. The lowest BCUT2D eigenvalue weighted by atomic mass is 10.1. The van der Waals surface area contributed by atoms with Crippen molar-refractivity contribution in [3.05, 3.63) is 29.0 Å². The number of carbonyl (C=O) groups excluding carboxylic acids is 2. The van der Waals surface area contributed by atoms with Crippen molar-refractivity contribution in [2.75, 3.05) is 4.90 Å². The van der Waals surface area contributed by atoms with E-state index in [1.807, 2.05) is 0 Å². The lowest BCUT2D eigenvalue weighted by Gasteiger charge is -2.16. The molecule has 0 radical (unpaired) electrons. The third-order valence-electron chi connectivity index (χ3n) is 2.52. The molecule has 0 unspecified atom stereocenters. The zero-order chi connectivity index (χ0) is 12.8. The summed E-state index contributed by atoms with van der Waals surface area (Å²) in [5.41, 5.74) is -0.706. The van der Waals surface area contributed by atoms with Crippen LogP contribution in [-0.4, -0.2) is 17.5 Å². The minimum Gasteiger partial charge on any atom is -0.323 e. The maximum atomic E-state index is 13.0. The van der Waals surface area contributed by atoms with E-state index in [2.05, 4.69) is 5.32 Å². The first-order chi connectivity index (χ1) is 7.83. The van der Waals surface area contributed by atoms with Crippen LogP contribution in [0.2, 0.25) is 5.02 Å². The van der Waals surface area contributed by atoms with Crippen LogP contribution in [0.25, 0.3) is 0 Å². The number of benzene rings is 1.